The van der Waals surface area contributed by atoms with E-state index in [2.05, 4.69) is 148 Å². The van der Waals surface area contributed by atoms with Crippen LogP contribution in [-0.2, 0) is 32.7 Å². The van der Waals surface area contributed by atoms with E-state index in [1.54, 1.807) is 0 Å². The maximum atomic E-state index is 12.9. The summed E-state index contributed by atoms with van der Waals surface area (Å²) in [5.74, 6) is -0.812. The molecule has 0 radical (unpaired) electrons. The number of quaternary nitrogens is 1. The zero-order chi connectivity index (χ0) is 59.8. The first-order valence-corrected chi connectivity index (χ1v) is 34.4. The number of likely N-dealkylation sites (N-methyl/N-ethyl adjacent to an activating group) is 1. The van der Waals surface area contributed by atoms with Crippen LogP contribution in [0.2, 0.25) is 0 Å². The Balaban J connectivity index is 4.10. The molecule has 0 aliphatic carbocycles. The number of nitrogens with zero attached hydrogens (tertiary/aromatic N) is 1. The van der Waals surface area contributed by atoms with E-state index in [9.17, 15) is 19.0 Å². The molecule has 0 fully saturated rings. The fourth-order valence-corrected chi connectivity index (χ4v) is 9.44. The number of hydrogen-bond acceptors (Lipinski definition) is 7. The monoisotopic (exact) mass is 1160 g/mol. The Labute approximate surface area is 504 Å². The van der Waals surface area contributed by atoms with Crippen molar-refractivity contribution >= 4 is 19.8 Å². The van der Waals surface area contributed by atoms with Crippen LogP contribution in [0.1, 0.15) is 258 Å². The van der Waals surface area contributed by atoms with Gasteiger partial charge in [-0.15, -0.1) is 0 Å². The Morgan fingerprint density at radius 1 is 0.378 bits per heavy atom. The maximum absolute atomic E-state index is 12.9. The Morgan fingerprint density at radius 3 is 0.976 bits per heavy atom. The Kier molecular flexibility index (Phi) is 58.8. The van der Waals surface area contributed by atoms with Gasteiger partial charge in [0.25, 0.3) is 0 Å². The Morgan fingerprint density at radius 2 is 0.659 bits per heavy atom. The van der Waals surface area contributed by atoms with Gasteiger partial charge in [0, 0.05) is 12.8 Å². The molecule has 0 aliphatic heterocycles. The number of esters is 2. The predicted octanol–water partition coefficient (Wildman–Crippen LogP) is 21.3. The summed E-state index contributed by atoms with van der Waals surface area (Å²) in [5.41, 5.74) is 0. The quantitative estimate of drug-likeness (QED) is 0.0211. The predicted molar refractivity (Wildman–Crippen MR) is 353 cm³/mol. The van der Waals surface area contributed by atoms with Crippen LogP contribution in [0.4, 0.5) is 0 Å². The molecular formula is C72H123NO8P+. The van der Waals surface area contributed by atoms with Gasteiger partial charge in [-0.2, -0.15) is 0 Å². The van der Waals surface area contributed by atoms with Crippen LogP contribution in [0.15, 0.2) is 134 Å². The van der Waals surface area contributed by atoms with E-state index in [0.717, 1.165) is 122 Å². The zero-order valence-electron chi connectivity index (χ0n) is 53.2. The topological polar surface area (TPSA) is 108 Å². The highest BCUT2D eigenvalue weighted by molar-refractivity contribution is 7.47. The number of carbonyl (C=O) groups excluding carboxylic acids is 2. The minimum atomic E-state index is -4.40. The third-order valence-corrected chi connectivity index (χ3v) is 14.7. The molecule has 0 saturated heterocycles. The van der Waals surface area contributed by atoms with E-state index in [-0.39, 0.29) is 32.0 Å². The average Bonchev–Trinajstić information content (AvgIpc) is 3.45. The number of unbranched alkanes of at least 4 members (excludes halogenated alkanes) is 23. The molecular weight excluding hydrogens is 1040 g/mol. The molecule has 468 valence electrons. The number of carbonyl (C=O) groups is 2. The first-order chi connectivity index (χ1) is 40.0. The van der Waals surface area contributed by atoms with Crippen LogP contribution < -0.4 is 0 Å². The van der Waals surface area contributed by atoms with Crippen molar-refractivity contribution in [2.24, 2.45) is 0 Å². The summed E-state index contributed by atoms with van der Waals surface area (Å²) in [4.78, 5) is 35.8. The Bertz CT molecular complexity index is 1850. The number of allylic oxidation sites excluding steroid dienone is 22. The molecule has 1 N–H and O–H groups in total. The van der Waals surface area contributed by atoms with Crippen molar-refractivity contribution in [3.05, 3.63) is 134 Å². The van der Waals surface area contributed by atoms with Gasteiger partial charge >= 0.3 is 19.8 Å². The third kappa shape index (κ3) is 65.3. The van der Waals surface area contributed by atoms with Crippen molar-refractivity contribution in [3.8, 4) is 0 Å². The zero-order valence-corrected chi connectivity index (χ0v) is 54.1. The maximum Gasteiger partial charge on any atom is 0.472 e. The number of phosphoric acid groups is 1. The molecule has 82 heavy (non-hydrogen) atoms. The molecule has 2 unspecified atom stereocenters. The van der Waals surface area contributed by atoms with E-state index < -0.39 is 26.5 Å². The van der Waals surface area contributed by atoms with Gasteiger partial charge in [-0.1, -0.05) is 270 Å². The molecule has 0 heterocycles. The molecule has 0 aliphatic rings. The van der Waals surface area contributed by atoms with Crippen molar-refractivity contribution in [3.63, 3.8) is 0 Å². The first-order valence-electron chi connectivity index (χ1n) is 32.9. The summed E-state index contributed by atoms with van der Waals surface area (Å²) in [6.45, 7) is 4.20. The second kappa shape index (κ2) is 61.7. The lowest BCUT2D eigenvalue weighted by atomic mass is 10.0. The fourth-order valence-electron chi connectivity index (χ4n) is 8.69. The van der Waals surface area contributed by atoms with E-state index in [0.29, 0.717) is 17.4 Å². The lowest BCUT2D eigenvalue weighted by Crippen LogP contribution is -2.37. The molecule has 0 aromatic carbocycles. The average molecular weight is 1160 g/mol. The summed E-state index contributed by atoms with van der Waals surface area (Å²) >= 11 is 0. The van der Waals surface area contributed by atoms with Crippen LogP contribution in [0.25, 0.3) is 0 Å². The van der Waals surface area contributed by atoms with Gasteiger partial charge in [0.1, 0.15) is 19.8 Å². The van der Waals surface area contributed by atoms with Gasteiger partial charge in [-0.25, -0.2) is 4.57 Å². The highest BCUT2D eigenvalue weighted by Crippen LogP contribution is 2.43. The Hall–Kier alpha value is -3.85. The fraction of sp³-hybridized carbons (Fsp3) is 0.667. The number of hydrogen-bond donors (Lipinski definition) is 1. The van der Waals surface area contributed by atoms with E-state index in [1.807, 2.05) is 21.1 Å². The lowest BCUT2D eigenvalue weighted by Gasteiger charge is -2.24. The second-order valence-corrected chi connectivity index (χ2v) is 24.2. The normalized spacial score (nSPS) is 14.1. The summed E-state index contributed by atoms with van der Waals surface area (Å²) < 4.78 is 34.7. The SMILES string of the molecule is CC/C=C\C/C=C\C/C=C\C/C=C\C/C=C\C/C=C\CCCCCCCCCCCCCCCCCCC(=O)OC(COC(=O)CCCCCCCCC/C=C\C/C=C\C/C=C\C/C=C\C/C=C\CC)COP(=O)(O)OCC[N+](C)(C)C. The second-order valence-electron chi connectivity index (χ2n) is 22.7. The smallest absolute Gasteiger partial charge is 0.462 e. The molecule has 0 bridgehead atoms. The number of ether oxygens (including phenoxy) is 2. The van der Waals surface area contributed by atoms with Gasteiger partial charge in [0.2, 0.25) is 0 Å². The molecule has 10 heteroatoms. The summed E-state index contributed by atoms with van der Waals surface area (Å²) in [7, 11) is 1.46. The van der Waals surface area contributed by atoms with E-state index >= 15 is 0 Å². The number of rotatable bonds is 59. The largest absolute Gasteiger partial charge is 0.472 e. The standard InChI is InChI=1S/C72H122NO8P/c1-6-8-10-12-14-16-18-20-22-24-26-28-30-31-32-33-34-35-36-37-38-39-40-41-43-45-47-49-51-53-55-57-59-61-63-65-72(75)81-70(69-80-82(76,77)79-67-66-73(3,4)5)68-78-71(74)64-62-60-58-56-54-52-50-48-46-44-42-29-27-25-23-21-19-17-15-13-11-9-7-2/h8-11,14-17,20-23,26-29,31-32,34-35,44,46,70H,6-7,12-13,18-19,24-25,30,33,36-43,45,47-69H2,1-5H3/p+1/b10-8-,11-9-,16-14-,17-15-,22-20-,23-21-,28-26-,29-27-,32-31-,35-34-,46-44-. The molecule has 0 aromatic heterocycles. The minimum absolute atomic E-state index is 0.0241. The van der Waals surface area contributed by atoms with Gasteiger partial charge < -0.3 is 18.9 Å². The van der Waals surface area contributed by atoms with Gasteiger partial charge in [0.15, 0.2) is 6.10 Å². The highest BCUT2D eigenvalue weighted by Gasteiger charge is 2.27. The van der Waals surface area contributed by atoms with E-state index in [4.69, 9.17) is 18.5 Å². The summed E-state index contributed by atoms with van der Waals surface area (Å²) in [6.07, 6.45) is 89.7. The summed E-state index contributed by atoms with van der Waals surface area (Å²) in [6, 6.07) is 0. The van der Waals surface area contributed by atoms with Crippen LogP contribution in [-0.4, -0.2) is 74.9 Å². The van der Waals surface area contributed by atoms with E-state index in [1.165, 1.54) is 103 Å². The van der Waals surface area contributed by atoms with Crippen LogP contribution >= 0.6 is 7.82 Å². The van der Waals surface area contributed by atoms with Crippen LogP contribution in [0, 0.1) is 0 Å². The minimum Gasteiger partial charge on any atom is -0.462 e. The van der Waals surface area contributed by atoms with Crippen molar-refractivity contribution in [1.29, 1.82) is 0 Å². The lowest BCUT2D eigenvalue weighted by molar-refractivity contribution is -0.870. The van der Waals surface area contributed by atoms with Gasteiger partial charge in [0.05, 0.1) is 27.7 Å². The molecule has 0 rings (SSSR count). The van der Waals surface area contributed by atoms with Gasteiger partial charge in [-0.05, 0) is 109 Å². The summed E-state index contributed by atoms with van der Waals surface area (Å²) in [5, 5.41) is 0. The molecule has 0 aromatic rings. The molecule has 0 spiro atoms. The number of phosphoric ester groups is 1. The molecule has 0 saturated carbocycles. The molecule has 0 amide bonds. The van der Waals surface area contributed by atoms with Crippen molar-refractivity contribution in [2.45, 2.75) is 264 Å². The van der Waals surface area contributed by atoms with Crippen LogP contribution in [0.5, 0.6) is 0 Å². The van der Waals surface area contributed by atoms with Crippen molar-refractivity contribution in [1.82, 2.24) is 0 Å². The molecule has 2 atom stereocenters. The van der Waals surface area contributed by atoms with Gasteiger partial charge in [-0.3, -0.25) is 18.6 Å². The van der Waals surface area contributed by atoms with Crippen LogP contribution in [0.3, 0.4) is 0 Å². The molecule has 9 nitrogen and oxygen atoms in total. The highest BCUT2D eigenvalue weighted by atomic mass is 31.2. The third-order valence-electron chi connectivity index (χ3n) is 13.7. The first kappa shape index (κ1) is 78.1. The van der Waals surface area contributed by atoms with Crippen molar-refractivity contribution in [2.75, 3.05) is 47.5 Å². The van der Waals surface area contributed by atoms with Crippen molar-refractivity contribution < 1.29 is 42.1 Å².